The van der Waals surface area contributed by atoms with Gasteiger partial charge in [0, 0.05) is 42.0 Å². The summed E-state index contributed by atoms with van der Waals surface area (Å²) in [5, 5.41) is 24.8. The maximum Gasteiger partial charge on any atom is 0.335 e. The van der Waals surface area contributed by atoms with Gasteiger partial charge in [-0.1, -0.05) is 85.6 Å². The Labute approximate surface area is 337 Å². The molecule has 11 heteroatoms. The highest BCUT2D eigenvalue weighted by molar-refractivity contribution is 7.99. The zero-order valence-corrected chi connectivity index (χ0v) is 32.6. The largest absolute Gasteiger partial charge is 0.478 e. The summed E-state index contributed by atoms with van der Waals surface area (Å²) in [4.78, 5) is 37.2. The molecule has 1 heterocycles. The summed E-state index contributed by atoms with van der Waals surface area (Å²) in [5.74, 6) is -0.371. The highest BCUT2D eigenvalue weighted by Crippen LogP contribution is 2.40. The number of anilines is 2. The molecule has 1 saturated heterocycles. The van der Waals surface area contributed by atoms with Crippen molar-refractivity contribution in [3.05, 3.63) is 149 Å². The molecule has 1 aliphatic rings. The number of hydrogen-bond acceptors (Lipinski definition) is 8. The minimum atomic E-state index is -0.955. The van der Waals surface area contributed by atoms with Gasteiger partial charge in [-0.05, 0) is 89.2 Å². The van der Waals surface area contributed by atoms with E-state index in [2.05, 4.69) is 22.8 Å². The summed E-state index contributed by atoms with van der Waals surface area (Å²) in [6, 6.07) is 38.1. The lowest BCUT2D eigenvalue weighted by Gasteiger charge is -2.36. The monoisotopic (exact) mass is 787 g/mol. The number of nitrogens with two attached hydrogens (primary N) is 1. The number of rotatable bonds is 18. The van der Waals surface area contributed by atoms with E-state index in [0.29, 0.717) is 42.9 Å². The average Bonchev–Trinajstić information content (AvgIpc) is 3.24. The lowest BCUT2D eigenvalue weighted by atomic mass is 9.99. The maximum absolute atomic E-state index is 12.7. The number of nitrogen functional groups attached to an aromatic ring is 1. The number of carbonyl (C=O) groups excluding carboxylic acids is 2. The van der Waals surface area contributed by atoms with Crippen molar-refractivity contribution in [2.24, 2.45) is 0 Å². The predicted molar refractivity (Wildman–Crippen MR) is 223 cm³/mol. The Hall–Kier alpha value is -5.46. The molecule has 5 aromatic carbocycles. The van der Waals surface area contributed by atoms with Crippen molar-refractivity contribution in [3.63, 3.8) is 0 Å². The van der Waals surface area contributed by atoms with Gasteiger partial charge in [0.25, 0.3) is 0 Å². The smallest absolute Gasteiger partial charge is 0.335 e. The van der Waals surface area contributed by atoms with E-state index in [0.717, 1.165) is 64.0 Å². The third kappa shape index (κ3) is 12.3. The average molecular weight is 788 g/mol. The van der Waals surface area contributed by atoms with Crippen LogP contribution in [0.3, 0.4) is 0 Å². The lowest BCUT2D eigenvalue weighted by molar-refractivity contribution is -0.245. The van der Waals surface area contributed by atoms with Gasteiger partial charge < -0.3 is 36.1 Å². The Morgan fingerprint density at radius 3 is 2.14 bits per heavy atom. The van der Waals surface area contributed by atoms with Gasteiger partial charge in [-0.15, -0.1) is 11.8 Å². The number of hydrogen-bond donors (Lipinski definition) is 5. The Morgan fingerprint density at radius 2 is 1.42 bits per heavy atom. The summed E-state index contributed by atoms with van der Waals surface area (Å²) in [6.45, 7) is 0.383. The van der Waals surface area contributed by atoms with Crippen LogP contribution in [0.2, 0.25) is 0 Å². The van der Waals surface area contributed by atoms with E-state index in [1.807, 2.05) is 84.9 Å². The molecule has 0 unspecified atom stereocenters. The Morgan fingerprint density at radius 1 is 0.719 bits per heavy atom. The van der Waals surface area contributed by atoms with Crippen LogP contribution >= 0.6 is 11.8 Å². The van der Waals surface area contributed by atoms with Crippen LogP contribution in [0.15, 0.2) is 126 Å². The van der Waals surface area contributed by atoms with Gasteiger partial charge >= 0.3 is 5.97 Å². The molecular weight excluding hydrogens is 739 g/mol. The van der Waals surface area contributed by atoms with Crippen LogP contribution in [-0.4, -0.2) is 39.9 Å². The number of unbranched alkanes of at least 4 members (excludes halogenated alkanes) is 3. The number of carboxylic acid groups (broad SMARTS) is 1. The summed E-state index contributed by atoms with van der Waals surface area (Å²) >= 11 is 1.61. The van der Waals surface area contributed by atoms with Crippen LogP contribution in [0, 0.1) is 0 Å². The van der Waals surface area contributed by atoms with Crippen LogP contribution in [0.4, 0.5) is 11.4 Å². The predicted octanol–water partition coefficient (Wildman–Crippen LogP) is 9.06. The van der Waals surface area contributed by atoms with Gasteiger partial charge in [-0.3, -0.25) is 9.59 Å². The van der Waals surface area contributed by atoms with Gasteiger partial charge in [0.1, 0.15) is 0 Å². The molecule has 57 heavy (non-hydrogen) atoms. The molecule has 0 saturated carbocycles. The first-order valence-corrected chi connectivity index (χ1v) is 20.3. The van der Waals surface area contributed by atoms with E-state index in [1.165, 1.54) is 0 Å². The molecule has 5 aromatic rings. The molecule has 3 atom stereocenters. The number of benzene rings is 5. The van der Waals surface area contributed by atoms with E-state index in [9.17, 15) is 24.6 Å². The minimum absolute atomic E-state index is 0.00293. The number of nitrogens with one attached hydrogen (secondary N) is 2. The fraction of sp³-hybridized carbons (Fsp3) is 0.283. The molecule has 0 spiro atoms. The van der Waals surface area contributed by atoms with Crippen LogP contribution in [-0.2, 0) is 32.2 Å². The number of aromatic carboxylic acids is 1. The van der Waals surface area contributed by atoms with E-state index in [-0.39, 0.29) is 36.2 Å². The van der Waals surface area contributed by atoms with Gasteiger partial charge in [-0.2, -0.15) is 0 Å². The summed E-state index contributed by atoms with van der Waals surface area (Å²) in [7, 11) is 0. The van der Waals surface area contributed by atoms with Gasteiger partial charge in [-0.25, -0.2) is 4.79 Å². The number of para-hydroxylation sites is 2. The molecule has 296 valence electrons. The number of aliphatic hydroxyl groups excluding tert-OH is 1. The SMILES string of the molecule is Nc1ccccc1NC(=O)CCCCCCC(=O)NCc1cccc(-c2cccc([C@@H]3O[C@H](CSc4ccc(C(=O)O)cc4)C[C@H](c4ccc(CO)cc4)O3)c2)c1. The molecule has 2 amide bonds. The van der Waals surface area contributed by atoms with Crippen LogP contribution in [0.1, 0.15) is 90.0 Å². The van der Waals surface area contributed by atoms with E-state index >= 15 is 0 Å². The molecule has 1 fully saturated rings. The van der Waals surface area contributed by atoms with Crippen molar-refractivity contribution in [2.75, 3.05) is 16.8 Å². The molecule has 0 radical (unpaired) electrons. The lowest BCUT2D eigenvalue weighted by Crippen LogP contribution is -2.31. The first-order chi connectivity index (χ1) is 27.7. The number of amides is 2. The molecule has 0 aromatic heterocycles. The Kier molecular flexibility index (Phi) is 14.9. The quantitative estimate of drug-likeness (QED) is 0.0332. The van der Waals surface area contributed by atoms with E-state index in [4.69, 9.17) is 15.2 Å². The third-order valence-corrected chi connectivity index (χ3v) is 11.0. The van der Waals surface area contributed by atoms with Crippen molar-refractivity contribution in [3.8, 4) is 11.1 Å². The number of carboxylic acids is 1. The van der Waals surface area contributed by atoms with Crippen LogP contribution in [0.5, 0.6) is 0 Å². The second-order valence-electron chi connectivity index (χ2n) is 14.1. The van der Waals surface area contributed by atoms with E-state index < -0.39 is 12.3 Å². The maximum atomic E-state index is 12.7. The number of carbonyl (C=O) groups is 3. The minimum Gasteiger partial charge on any atom is -0.478 e. The molecule has 0 aliphatic carbocycles. The van der Waals surface area contributed by atoms with Crippen LogP contribution in [0.25, 0.3) is 11.1 Å². The Balaban J connectivity index is 1.02. The van der Waals surface area contributed by atoms with Gasteiger partial charge in [0.15, 0.2) is 6.29 Å². The van der Waals surface area contributed by atoms with E-state index in [1.54, 1.807) is 36.0 Å². The molecule has 6 N–H and O–H groups in total. The highest BCUT2D eigenvalue weighted by Gasteiger charge is 2.32. The first-order valence-electron chi connectivity index (χ1n) is 19.3. The summed E-state index contributed by atoms with van der Waals surface area (Å²) in [5.41, 5.74) is 13.0. The van der Waals surface area contributed by atoms with Crippen molar-refractivity contribution in [2.45, 2.75) is 81.5 Å². The molecule has 1 aliphatic heterocycles. The third-order valence-electron chi connectivity index (χ3n) is 9.85. The second kappa shape index (κ2) is 20.6. The zero-order chi connectivity index (χ0) is 40.0. The summed E-state index contributed by atoms with van der Waals surface area (Å²) < 4.78 is 13.2. The molecule has 0 bridgehead atoms. The molecule has 6 rings (SSSR count). The number of thioether (sulfide) groups is 1. The van der Waals surface area contributed by atoms with Crippen molar-refractivity contribution in [1.82, 2.24) is 5.32 Å². The fourth-order valence-electron chi connectivity index (χ4n) is 6.67. The topological polar surface area (TPSA) is 160 Å². The number of aliphatic hydroxyl groups is 1. The van der Waals surface area contributed by atoms with Crippen molar-refractivity contribution < 1.29 is 34.1 Å². The summed E-state index contributed by atoms with van der Waals surface area (Å²) in [6.07, 6.45) is 3.69. The number of ether oxygens (including phenoxy) is 2. The van der Waals surface area contributed by atoms with Gasteiger partial charge in [0.05, 0.1) is 35.8 Å². The fourth-order valence-corrected chi connectivity index (χ4v) is 7.59. The Bertz CT molecular complexity index is 2110. The normalized spacial score (nSPS) is 16.5. The molecular formula is C46H49N3O7S. The second-order valence-corrected chi connectivity index (χ2v) is 15.2. The van der Waals surface area contributed by atoms with Gasteiger partial charge in [0.2, 0.25) is 11.8 Å². The highest BCUT2D eigenvalue weighted by atomic mass is 32.2. The van der Waals surface area contributed by atoms with Crippen molar-refractivity contribution in [1.29, 1.82) is 0 Å². The first kappa shape index (κ1) is 41.2. The van der Waals surface area contributed by atoms with Crippen molar-refractivity contribution >= 4 is 40.9 Å². The molecule has 10 nitrogen and oxygen atoms in total. The zero-order valence-electron chi connectivity index (χ0n) is 31.8. The van der Waals surface area contributed by atoms with Crippen LogP contribution < -0.4 is 16.4 Å². The standard InChI is InChI=1S/C46H49N3O7S/c47-40-13-5-6-14-41(40)49-44(52)16-4-2-1-3-15-43(51)48-28-32-9-7-10-35(25-32)36-11-8-12-37(26-36)46-55-38(30-57-39-23-21-34(22-24-39)45(53)54)27-42(56-46)33-19-17-31(29-50)18-20-33/h5-14,17-26,38,42,46,50H,1-4,15-16,27-30,47H2,(H,48,51)(H,49,52)(H,53,54)/t38-,42+,46+/m0/s1.